The number of hydrogen-bond donors (Lipinski definition) is 1. The molecule has 0 saturated heterocycles. The quantitative estimate of drug-likeness (QED) is 0.329. The molecule has 35 heavy (non-hydrogen) atoms. The molecule has 9 heteroatoms. The molecular formula is C26H20BrIN2O5. The van der Waals surface area contributed by atoms with Crippen LogP contribution < -0.4 is 29.4 Å². The summed E-state index contributed by atoms with van der Waals surface area (Å²) in [6.45, 7) is 2.90. The number of halogens is 2. The maximum atomic E-state index is 9.95. The van der Waals surface area contributed by atoms with E-state index in [-0.39, 0.29) is 12.7 Å². The minimum Gasteiger partial charge on any atom is -0.490 e. The highest BCUT2D eigenvalue weighted by Gasteiger charge is 2.34. The summed E-state index contributed by atoms with van der Waals surface area (Å²) in [5.41, 5.74) is 9.11. The molecule has 2 aliphatic rings. The van der Waals surface area contributed by atoms with Crippen LogP contribution in [0.5, 0.6) is 28.7 Å². The first-order valence-electron chi connectivity index (χ1n) is 10.8. The van der Waals surface area contributed by atoms with Gasteiger partial charge in [-0.1, -0.05) is 28.1 Å². The fraction of sp³-hybridized carbons (Fsp3) is 0.192. The lowest BCUT2D eigenvalue weighted by Crippen LogP contribution is -2.21. The third-order valence-electron chi connectivity index (χ3n) is 5.67. The molecule has 5 rings (SSSR count). The van der Waals surface area contributed by atoms with Gasteiger partial charge in [-0.25, -0.2) is 0 Å². The van der Waals surface area contributed by atoms with Crippen LogP contribution >= 0.6 is 38.5 Å². The number of fused-ring (bicyclic) bond motifs is 2. The Bertz CT molecular complexity index is 1370. The number of benzene rings is 3. The zero-order chi connectivity index (χ0) is 24.5. The molecule has 0 aromatic heterocycles. The molecule has 2 heterocycles. The van der Waals surface area contributed by atoms with Crippen LogP contribution in [0.3, 0.4) is 0 Å². The van der Waals surface area contributed by atoms with Gasteiger partial charge in [0, 0.05) is 16.1 Å². The molecule has 2 N–H and O–H groups in total. The Morgan fingerprint density at radius 3 is 2.54 bits per heavy atom. The van der Waals surface area contributed by atoms with E-state index < -0.39 is 5.92 Å². The number of hydrogen-bond acceptors (Lipinski definition) is 7. The second-order valence-electron chi connectivity index (χ2n) is 7.85. The maximum Gasteiger partial charge on any atom is 0.231 e. The molecule has 0 spiro atoms. The van der Waals surface area contributed by atoms with Crippen LogP contribution in [0.1, 0.15) is 29.5 Å². The van der Waals surface area contributed by atoms with Gasteiger partial charge in [-0.15, -0.1) is 0 Å². The largest absolute Gasteiger partial charge is 0.490 e. The first kappa shape index (κ1) is 23.6. The lowest BCUT2D eigenvalue weighted by molar-refractivity contribution is 0.174. The van der Waals surface area contributed by atoms with Crippen LogP contribution in [0.15, 0.2) is 64.5 Å². The highest BCUT2D eigenvalue weighted by Crippen LogP contribution is 2.49. The van der Waals surface area contributed by atoms with E-state index in [0.29, 0.717) is 47.5 Å². The third kappa shape index (κ3) is 4.60. The summed E-state index contributed by atoms with van der Waals surface area (Å²) in [5, 5.41) is 9.95. The first-order valence-corrected chi connectivity index (χ1v) is 12.7. The number of nitriles is 1. The zero-order valence-electron chi connectivity index (χ0n) is 18.6. The van der Waals surface area contributed by atoms with Gasteiger partial charge in [-0.05, 0) is 71.0 Å². The van der Waals surface area contributed by atoms with E-state index in [9.17, 15) is 5.26 Å². The van der Waals surface area contributed by atoms with Crippen LogP contribution in [-0.2, 0) is 6.61 Å². The summed E-state index contributed by atoms with van der Waals surface area (Å²) in [6.07, 6.45) is 0. The summed E-state index contributed by atoms with van der Waals surface area (Å²) in [6, 6.07) is 17.7. The molecule has 3 aromatic rings. The average Bonchev–Trinajstić information content (AvgIpc) is 3.30. The van der Waals surface area contributed by atoms with Gasteiger partial charge in [0.2, 0.25) is 12.7 Å². The van der Waals surface area contributed by atoms with Crippen molar-refractivity contribution in [2.45, 2.75) is 19.4 Å². The minimum absolute atomic E-state index is 0.0624. The number of ether oxygens (including phenoxy) is 5. The summed E-state index contributed by atoms with van der Waals surface area (Å²) >= 11 is 5.68. The van der Waals surface area contributed by atoms with Crippen molar-refractivity contribution in [3.63, 3.8) is 0 Å². The van der Waals surface area contributed by atoms with E-state index in [4.69, 9.17) is 29.4 Å². The normalized spacial score (nSPS) is 15.8. The number of rotatable bonds is 6. The summed E-state index contributed by atoms with van der Waals surface area (Å²) < 4.78 is 30.9. The van der Waals surface area contributed by atoms with Crippen molar-refractivity contribution in [2.75, 3.05) is 13.4 Å². The monoisotopic (exact) mass is 646 g/mol. The highest BCUT2D eigenvalue weighted by atomic mass is 127. The molecule has 0 aliphatic carbocycles. The second-order valence-corrected chi connectivity index (χ2v) is 9.92. The van der Waals surface area contributed by atoms with Crippen molar-refractivity contribution < 1.29 is 23.7 Å². The molecule has 0 saturated carbocycles. The average molecular weight is 647 g/mol. The maximum absolute atomic E-state index is 9.95. The number of nitrogens with zero attached hydrogens (tertiary/aromatic N) is 1. The van der Waals surface area contributed by atoms with Crippen molar-refractivity contribution >= 4 is 38.5 Å². The van der Waals surface area contributed by atoms with E-state index in [2.05, 4.69) is 44.6 Å². The summed E-state index contributed by atoms with van der Waals surface area (Å²) in [7, 11) is 0. The Kier molecular flexibility index (Phi) is 6.67. The van der Waals surface area contributed by atoms with Gasteiger partial charge >= 0.3 is 0 Å². The SMILES string of the molecule is CCOc1cc([C@@H]2C(C#N)=C(N)Oc3cc4c(cc32)OCO4)cc(I)c1OCc1ccc(Br)cc1. The van der Waals surface area contributed by atoms with Crippen LogP contribution in [0.4, 0.5) is 0 Å². The molecule has 0 radical (unpaired) electrons. The molecule has 178 valence electrons. The molecular weight excluding hydrogens is 627 g/mol. The number of allylic oxidation sites excluding steroid dienone is 1. The van der Waals surface area contributed by atoms with Gasteiger partial charge in [0.15, 0.2) is 23.0 Å². The predicted molar refractivity (Wildman–Crippen MR) is 141 cm³/mol. The topological polar surface area (TPSA) is 96.0 Å². The van der Waals surface area contributed by atoms with E-state index in [0.717, 1.165) is 24.7 Å². The van der Waals surface area contributed by atoms with Crippen molar-refractivity contribution in [1.82, 2.24) is 0 Å². The fourth-order valence-corrected chi connectivity index (χ4v) is 5.13. The number of nitrogens with two attached hydrogens (primary N) is 1. The van der Waals surface area contributed by atoms with Gasteiger partial charge < -0.3 is 29.4 Å². The van der Waals surface area contributed by atoms with Gasteiger partial charge in [0.25, 0.3) is 0 Å². The fourth-order valence-electron chi connectivity index (χ4n) is 4.08. The predicted octanol–water partition coefficient (Wildman–Crippen LogP) is 5.98. The van der Waals surface area contributed by atoms with Gasteiger partial charge in [0.1, 0.15) is 24.0 Å². The molecule has 0 amide bonds. The Hall–Kier alpha value is -3.10. The Morgan fingerprint density at radius 1 is 1.09 bits per heavy atom. The van der Waals surface area contributed by atoms with E-state index >= 15 is 0 Å². The molecule has 1 atom stereocenters. The van der Waals surface area contributed by atoms with Crippen LogP contribution in [0.2, 0.25) is 0 Å². The van der Waals surface area contributed by atoms with Crippen LogP contribution in [0, 0.1) is 14.9 Å². The molecule has 0 bridgehead atoms. The van der Waals surface area contributed by atoms with Gasteiger partial charge in [0.05, 0.1) is 16.1 Å². The molecule has 0 unspecified atom stereocenters. The molecule has 7 nitrogen and oxygen atoms in total. The van der Waals surface area contributed by atoms with Crippen LogP contribution in [-0.4, -0.2) is 13.4 Å². The Balaban J connectivity index is 1.56. The standard InChI is InChI=1S/C26H20BrIN2O5/c1-2-31-23-8-15(7-19(28)25(23)32-12-14-3-5-16(27)6-4-14)24-17-9-21-22(34-13-33-21)10-20(17)35-26(30)18(24)11-29/h3-10,24H,2,12-13,30H2,1H3/t24-/m0/s1. The summed E-state index contributed by atoms with van der Waals surface area (Å²) in [5.74, 6) is 2.54. The van der Waals surface area contributed by atoms with E-state index in [1.807, 2.05) is 49.4 Å². The minimum atomic E-state index is -0.466. The highest BCUT2D eigenvalue weighted by molar-refractivity contribution is 14.1. The van der Waals surface area contributed by atoms with Crippen molar-refractivity contribution in [1.29, 1.82) is 5.26 Å². The van der Waals surface area contributed by atoms with E-state index in [1.54, 1.807) is 6.07 Å². The van der Waals surface area contributed by atoms with Crippen LogP contribution in [0.25, 0.3) is 0 Å². The summed E-state index contributed by atoms with van der Waals surface area (Å²) in [4.78, 5) is 0. The van der Waals surface area contributed by atoms with Crippen molar-refractivity contribution in [3.8, 4) is 34.8 Å². The molecule has 3 aromatic carbocycles. The third-order valence-corrected chi connectivity index (χ3v) is 7.00. The second kappa shape index (κ2) is 9.87. The molecule has 2 aliphatic heterocycles. The lowest BCUT2D eigenvalue weighted by Gasteiger charge is -2.27. The van der Waals surface area contributed by atoms with E-state index in [1.165, 1.54) is 0 Å². The van der Waals surface area contributed by atoms with Crippen molar-refractivity contribution in [2.24, 2.45) is 5.73 Å². The smallest absolute Gasteiger partial charge is 0.231 e. The lowest BCUT2D eigenvalue weighted by atomic mass is 9.83. The van der Waals surface area contributed by atoms with Crippen molar-refractivity contribution in [3.05, 3.63) is 84.7 Å². The first-order chi connectivity index (χ1) is 17.0. The molecule has 0 fully saturated rings. The van der Waals surface area contributed by atoms with Gasteiger partial charge in [-0.3, -0.25) is 0 Å². The Morgan fingerprint density at radius 2 is 1.83 bits per heavy atom. The zero-order valence-corrected chi connectivity index (χ0v) is 22.4. The van der Waals surface area contributed by atoms with Gasteiger partial charge in [-0.2, -0.15) is 5.26 Å². The Labute approximate surface area is 224 Å².